The van der Waals surface area contributed by atoms with E-state index in [0.29, 0.717) is 10.5 Å². The smallest absolute Gasteiger partial charge is 0.300 e. The van der Waals surface area contributed by atoms with E-state index in [1.807, 2.05) is 27.7 Å². The SMILES string of the molecule is C.CC(=O)O.CC(=O)SC(C)C.CC(C)S.O. The maximum absolute atomic E-state index is 10.2. The zero-order valence-corrected chi connectivity index (χ0v) is 12.5. The summed E-state index contributed by atoms with van der Waals surface area (Å²) in [6.45, 7) is 10.7. The molecule has 0 saturated carbocycles. The number of carbonyl (C=O) groups is 2. The van der Waals surface area contributed by atoms with E-state index in [9.17, 15) is 4.79 Å². The Morgan fingerprint density at radius 2 is 1.29 bits per heavy atom. The molecule has 0 heterocycles. The number of carboxylic acids is 1. The number of hydrogen-bond acceptors (Lipinski definition) is 4. The average molecular weight is 288 g/mol. The standard InChI is InChI=1S/C5H10OS.C3H8S.C2H4O2.CH4.H2O/c1-4(2)7-5(3)6;1-3(2)4;1-2(3)4;;/h4H,1-3H3;3-4H,1-2H3;1H3,(H,3,4);1H4;1H2. The minimum absolute atomic E-state index is 0. The van der Waals surface area contributed by atoms with Gasteiger partial charge in [0.1, 0.15) is 0 Å². The lowest BCUT2D eigenvalue weighted by molar-refractivity contribution is -0.134. The van der Waals surface area contributed by atoms with Crippen LogP contribution in [-0.4, -0.2) is 32.2 Å². The van der Waals surface area contributed by atoms with E-state index in [1.54, 1.807) is 6.92 Å². The summed E-state index contributed by atoms with van der Waals surface area (Å²) in [6, 6.07) is 0. The topological polar surface area (TPSA) is 85.9 Å². The Kier molecular flexibility index (Phi) is 37.4. The molecule has 0 saturated heterocycles. The van der Waals surface area contributed by atoms with Crippen molar-refractivity contribution in [2.45, 2.75) is 59.5 Å². The Balaban J connectivity index is -0.0000000425. The van der Waals surface area contributed by atoms with Gasteiger partial charge in [0.2, 0.25) is 0 Å². The van der Waals surface area contributed by atoms with E-state index in [4.69, 9.17) is 9.90 Å². The predicted molar refractivity (Wildman–Crippen MR) is 81.2 cm³/mol. The van der Waals surface area contributed by atoms with Crippen molar-refractivity contribution in [2.75, 3.05) is 0 Å². The largest absolute Gasteiger partial charge is 0.481 e. The molecule has 0 atom stereocenters. The van der Waals surface area contributed by atoms with Gasteiger partial charge in [-0.1, -0.05) is 46.9 Å². The Morgan fingerprint density at radius 3 is 1.29 bits per heavy atom. The maximum Gasteiger partial charge on any atom is 0.300 e. The summed E-state index contributed by atoms with van der Waals surface area (Å²) >= 11 is 5.34. The monoisotopic (exact) mass is 288 g/mol. The quantitative estimate of drug-likeness (QED) is 0.726. The summed E-state index contributed by atoms with van der Waals surface area (Å²) in [7, 11) is 0. The number of thioether (sulfide) groups is 1. The number of carbonyl (C=O) groups excluding carboxylic acids is 1. The molecule has 3 N–H and O–H groups in total. The molecule has 108 valence electrons. The third-order valence-electron chi connectivity index (χ3n) is 0.402. The summed E-state index contributed by atoms with van der Waals surface area (Å²) in [6.07, 6.45) is 0. The molecule has 0 amide bonds. The second-order valence-corrected chi connectivity index (χ2v) is 6.06. The number of thiol groups is 1. The van der Waals surface area contributed by atoms with Gasteiger partial charge >= 0.3 is 0 Å². The normalized spacial score (nSPS) is 7.59. The fraction of sp³-hybridized carbons (Fsp3) is 0.818. The lowest BCUT2D eigenvalue weighted by atomic mass is 10.6. The van der Waals surface area contributed by atoms with Gasteiger partial charge in [-0.25, -0.2) is 0 Å². The van der Waals surface area contributed by atoms with Gasteiger partial charge in [0.05, 0.1) is 0 Å². The van der Waals surface area contributed by atoms with E-state index < -0.39 is 5.97 Å². The second-order valence-electron chi connectivity index (χ2n) is 3.27. The molecule has 0 radical (unpaired) electrons. The molecular formula is C11H28O4S2. The van der Waals surface area contributed by atoms with Crippen molar-refractivity contribution in [1.29, 1.82) is 0 Å². The van der Waals surface area contributed by atoms with Crippen molar-refractivity contribution in [3.05, 3.63) is 0 Å². The first-order valence-corrected chi connectivity index (χ1v) is 6.04. The van der Waals surface area contributed by atoms with E-state index in [1.165, 1.54) is 11.8 Å². The summed E-state index contributed by atoms with van der Waals surface area (Å²) in [5.41, 5.74) is 0. The maximum atomic E-state index is 10.2. The number of hydrogen-bond donors (Lipinski definition) is 2. The van der Waals surface area contributed by atoms with Crippen LogP contribution in [0.25, 0.3) is 0 Å². The van der Waals surface area contributed by atoms with Crippen LogP contribution < -0.4 is 0 Å². The second kappa shape index (κ2) is 21.1. The van der Waals surface area contributed by atoms with Gasteiger partial charge < -0.3 is 10.6 Å². The van der Waals surface area contributed by atoms with Crippen molar-refractivity contribution in [3.63, 3.8) is 0 Å². The molecule has 0 rings (SSSR count). The molecule has 0 spiro atoms. The molecule has 4 nitrogen and oxygen atoms in total. The number of aliphatic carboxylic acids is 1. The van der Waals surface area contributed by atoms with E-state index in [-0.39, 0.29) is 18.0 Å². The zero-order chi connectivity index (χ0) is 13.0. The van der Waals surface area contributed by atoms with Gasteiger partial charge in [0, 0.05) is 19.1 Å². The first-order valence-electron chi connectivity index (χ1n) is 4.64. The van der Waals surface area contributed by atoms with Gasteiger partial charge in [0.25, 0.3) is 5.97 Å². The minimum Gasteiger partial charge on any atom is -0.481 e. The first-order chi connectivity index (χ1) is 6.59. The van der Waals surface area contributed by atoms with Crippen LogP contribution in [0.4, 0.5) is 0 Å². The Labute approximate surface area is 115 Å². The van der Waals surface area contributed by atoms with Gasteiger partial charge in [-0.3, -0.25) is 9.59 Å². The number of rotatable bonds is 1. The molecule has 0 aliphatic rings. The lowest BCUT2D eigenvalue weighted by Crippen LogP contribution is -1.90. The summed E-state index contributed by atoms with van der Waals surface area (Å²) in [4.78, 5) is 19.2. The highest BCUT2D eigenvalue weighted by Crippen LogP contribution is 2.08. The highest BCUT2D eigenvalue weighted by Gasteiger charge is 1.95. The van der Waals surface area contributed by atoms with Crippen molar-refractivity contribution in [2.24, 2.45) is 0 Å². The van der Waals surface area contributed by atoms with Gasteiger partial charge in [-0.15, -0.1) is 0 Å². The Morgan fingerprint density at radius 1 is 1.12 bits per heavy atom. The van der Waals surface area contributed by atoms with E-state index >= 15 is 0 Å². The molecule has 17 heavy (non-hydrogen) atoms. The first kappa shape index (κ1) is 30.1. The third kappa shape index (κ3) is 208. The highest BCUT2D eigenvalue weighted by molar-refractivity contribution is 8.14. The van der Waals surface area contributed by atoms with Crippen LogP contribution in [-0.2, 0) is 9.59 Å². The van der Waals surface area contributed by atoms with Crippen molar-refractivity contribution in [1.82, 2.24) is 0 Å². The Hall–Kier alpha value is -0.200. The third-order valence-corrected chi connectivity index (χ3v) is 1.20. The molecule has 0 fully saturated rings. The van der Waals surface area contributed by atoms with Crippen LogP contribution in [0.2, 0.25) is 0 Å². The molecule has 0 aliphatic heterocycles. The van der Waals surface area contributed by atoms with Crippen LogP contribution >= 0.6 is 24.4 Å². The molecule has 6 heteroatoms. The minimum atomic E-state index is -0.833. The van der Waals surface area contributed by atoms with Crippen molar-refractivity contribution < 1.29 is 20.2 Å². The molecule has 0 bridgehead atoms. The lowest BCUT2D eigenvalue weighted by Gasteiger charge is -1.95. The Bertz CT molecular complexity index is 164. The average Bonchev–Trinajstić information content (AvgIpc) is 1.78. The molecule has 0 aromatic heterocycles. The van der Waals surface area contributed by atoms with Crippen molar-refractivity contribution >= 4 is 35.5 Å². The van der Waals surface area contributed by atoms with E-state index in [2.05, 4.69) is 12.6 Å². The zero-order valence-electron chi connectivity index (χ0n) is 10.8. The number of carboxylic acid groups (broad SMARTS) is 1. The molecular weight excluding hydrogens is 260 g/mol. The van der Waals surface area contributed by atoms with Gasteiger partial charge in [-0.2, -0.15) is 12.6 Å². The van der Waals surface area contributed by atoms with Crippen LogP contribution in [0.5, 0.6) is 0 Å². The molecule has 0 aromatic rings. The van der Waals surface area contributed by atoms with Crippen LogP contribution in [0, 0.1) is 0 Å². The van der Waals surface area contributed by atoms with Crippen molar-refractivity contribution in [3.8, 4) is 0 Å². The van der Waals surface area contributed by atoms with Gasteiger partial charge in [-0.05, 0) is 5.25 Å². The highest BCUT2D eigenvalue weighted by atomic mass is 32.2. The van der Waals surface area contributed by atoms with Crippen LogP contribution in [0.3, 0.4) is 0 Å². The molecule has 0 aromatic carbocycles. The fourth-order valence-electron chi connectivity index (χ4n) is 0.332. The molecule has 0 unspecified atom stereocenters. The summed E-state index contributed by atoms with van der Waals surface area (Å²) in [5.74, 6) is -0.833. The predicted octanol–water partition coefficient (Wildman–Crippen LogP) is 2.90. The molecule has 0 aliphatic carbocycles. The van der Waals surface area contributed by atoms with Crippen LogP contribution in [0.15, 0.2) is 0 Å². The summed E-state index contributed by atoms with van der Waals surface area (Å²) < 4.78 is 0. The fourth-order valence-corrected chi connectivity index (χ4v) is 0.996. The van der Waals surface area contributed by atoms with E-state index in [0.717, 1.165) is 6.92 Å². The van der Waals surface area contributed by atoms with Crippen LogP contribution in [0.1, 0.15) is 49.0 Å². The summed E-state index contributed by atoms with van der Waals surface area (Å²) in [5, 5.41) is 8.59. The van der Waals surface area contributed by atoms with Gasteiger partial charge in [0.15, 0.2) is 5.12 Å².